The second-order valence-electron chi connectivity index (χ2n) is 6.73. The number of halogens is 3. The molecule has 2 aromatic carbocycles. The van der Waals surface area contributed by atoms with E-state index < -0.39 is 23.7 Å². The summed E-state index contributed by atoms with van der Waals surface area (Å²) >= 11 is 0. The second-order valence-corrected chi connectivity index (χ2v) is 6.73. The molecule has 1 aromatic heterocycles. The maximum atomic E-state index is 13.4. The molecule has 150 valence electrons. The molecular formula is C20H17F3N4O2. The molecule has 4 rings (SSSR count). The number of hydrogen-bond acceptors (Lipinski definition) is 4. The van der Waals surface area contributed by atoms with Crippen LogP contribution in [0.1, 0.15) is 31.2 Å². The van der Waals surface area contributed by atoms with E-state index in [1.165, 1.54) is 23.1 Å². The molecule has 2 heterocycles. The Kier molecular flexibility index (Phi) is 5.20. The van der Waals surface area contributed by atoms with E-state index in [2.05, 4.69) is 15.5 Å². The van der Waals surface area contributed by atoms with Gasteiger partial charge >= 0.3 is 6.03 Å². The minimum atomic E-state index is -1.04. The van der Waals surface area contributed by atoms with Gasteiger partial charge in [-0.05, 0) is 55.7 Å². The van der Waals surface area contributed by atoms with Crippen LogP contribution < -0.4 is 5.32 Å². The number of rotatable bonds is 3. The molecule has 0 saturated carbocycles. The number of likely N-dealkylation sites (tertiary alicyclic amines) is 1. The van der Waals surface area contributed by atoms with E-state index >= 15 is 0 Å². The van der Waals surface area contributed by atoms with Gasteiger partial charge < -0.3 is 14.7 Å². The number of amides is 2. The van der Waals surface area contributed by atoms with Crippen molar-refractivity contribution in [3.8, 4) is 11.4 Å². The van der Waals surface area contributed by atoms with Gasteiger partial charge in [-0.15, -0.1) is 0 Å². The average molecular weight is 402 g/mol. The Morgan fingerprint density at radius 1 is 1.07 bits per heavy atom. The summed E-state index contributed by atoms with van der Waals surface area (Å²) in [5, 5.41) is 6.51. The summed E-state index contributed by atoms with van der Waals surface area (Å²) in [7, 11) is 0. The molecule has 6 nitrogen and oxygen atoms in total. The highest BCUT2D eigenvalue weighted by Gasteiger charge is 2.32. The number of anilines is 1. The van der Waals surface area contributed by atoms with E-state index in [-0.39, 0.29) is 17.4 Å². The first kappa shape index (κ1) is 19.0. The minimum absolute atomic E-state index is 0.149. The van der Waals surface area contributed by atoms with E-state index in [0.29, 0.717) is 24.4 Å². The fourth-order valence-corrected chi connectivity index (χ4v) is 3.29. The molecule has 1 saturated heterocycles. The van der Waals surface area contributed by atoms with Gasteiger partial charge in [0, 0.05) is 23.9 Å². The normalized spacial score (nSPS) is 16.7. The zero-order valence-electron chi connectivity index (χ0n) is 15.2. The van der Waals surface area contributed by atoms with Crippen molar-refractivity contribution >= 4 is 11.7 Å². The van der Waals surface area contributed by atoms with Crippen molar-refractivity contribution < 1.29 is 22.5 Å². The molecule has 1 atom stereocenters. The summed E-state index contributed by atoms with van der Waals surface area (Å²) in [5.41, 5.74) is 0.741. The summed E-state index contributed by atoms with van der Waals surface area (Å²) in [4.78, 5) is 18.6. The van der Waals surface area contributed by atoms with Crippen molar-refractivity contribution in [2.75, 3.05) is 11.9 Å². The van der Waals surface area contributed by atoms with E-state index in [4.69, 9.17) is 4.52 Å². The standard InChI is InChI=1S/C20H17F3N4O2/c21-13-6-4-12(5-7-13)18-25-19(29-26-18)17-3-1-2-10-27(17)20(28)24-14-8-9-15(22)16(23)11-14/h4-9,11,17H,1-3,10H2,(H,24,28). The molecule has 0 spiro atoms. The van der Waals surface area contributed by atoms with Crippen LogP contribution in [-0.2, 0) is 0 Å². The third kappa shape index (κ3) is 4.08. The van der Waals surface area contributed by atoms with Crippen molar-refractivity contribution in [3.63, 3.8) is 0 Å². The molecule has 0 radical (unpaired) electrons. The summed E-state index contributed by atoms with van der Waals surface area (Å²) < 4.78 is 45.0. The number of nitrogens with zero attached hydrogens (tertiary/aromatic N) is 3. The second kappa shape index (κ2) is 7.94. The molecule has 29 heavy (non-hydrogen) atoms. The first-order valence-electron chi connectivity index (χ1n) is 9.13. The van der Waals surface area contributed by atoms with Gasteiger partial charge in [0.05, 0.1) is 0 Å². The average Bonchev–Trinajstić information content (AvgIpc) is 3.21. The van der Waals surface area contributed by atoms with Crippen molar-refractivity contribution in [3.05, 3.63) is 65.8 Å². The predicted molar refractivity (Wildman–Crippen MR) is 98.4 cm³/mol. The van der Waals surface area contributed by atoms with Crippen LogP contribution in [0.5, 0.6) is 0 Å². The van der Waals surface area contributed by atoms with Gasteiger partial charge in [-0.2, -0.15) is 4.98 Å². The number of benzene rings is 2. The van der Waals surface area contributed by atoms with E-state index in [1.807, 2.05) is 0 Å². The number of urea groups is 1. The summed E-state index contributed by atoms with van der Waals surface area (Å²) in [6.07, 6.45) is 2.28. The number of carbonyl (C=O) groups excluding carboxylic acids is 1. The van der Waals surface area contributed by atoms with E-state index in [9.17, 15) is 18.0 Å². The van der Waals surface area contributed by atoms with Gasteiger partial charge in [-0.25, -0.2) is 18.0 Å². The van der Waals surface area contributed by atoms with Crippen molar-refractivity contribution in [2.24, 2.45) is 0 Å². The summed E-state index contributed by atoms with van der Waals surface area (Å²) in [6.45, 7) is 0.453. The number of nitrogens with one attached hydrogen (secondary N) is 1. The van der Waals surface area contributed by atoms with Crippen LogP contribution in [0.3, 0.4) is 0 Å². The third-order valence-corrected chi connectivity index (χ3v) is 4.76. The lowest BCUT2D eigenvalue weighted by Crippen LogP contribution is -2.41. The highest BCUT2D eigenvalue weighted by Crippen LogP contribution is 2.31. The van der Waals surface area contributed by atoms with Crippen LogP contribution in [0.25, 0.3) is 11.4 Å². The fraction of sp³-hybridized carbons (Fsp3) is 0.250. The molecule has 2 amide bonds. The summed E-state index contributed by atoms with van der Waals surface area (Å²) in [6, 6.07) is 7.92. The van der Waals surface area contributed by atoms with Gasteiger partial charge in [0.25, 0.3) is 0 Å². The smallest absolute Gasteiger partial charge is 0.322 e. The number of carbonyl (C=O) groups is 1. The largest absolute Gasteiger partial charge is 0.337 e. The Bertz CT molecular complexity index is 1020. The lowest BCUT2D eigenvalue weighted by molar-refractivity contribution is 0.142. The van der Waals surface area contributed by atoms with Crippen LogP contribution in [0.2, 0.25) is 0 Å². The molecule has 1 N–H and O–H groups in total. The van der Waals surface area contributed by atoms with Gasteiger partial charge in [-0.1, -0.05) is 5.16 Å². The van der Waals surface area contributed by atoms with Gasteiger partial charge in [0.2, 0.25) is 11.7 Å². The van der Waals surface area contributed by atoms with Crippen LogP contribution in [0.4, 0.5) is 23.7 Å². The molecule has 3 aromatic rings. The number of aromatic nitrogens is 2. The van der Waals surface area contributed by atoms with E-state index in [0.717, 1.165) is 25.0 Å². The molecule has 1 unspecified atom stereocenters. The highest BCUT2D eigenvalue weighted by molar-refractivity contribution is 5.89. The van der Waals surface area contributed by atoms with Gasteiger partial charge in [0.1, 0.15) is 11.9 Å². The van der Waals surface area contributed by atoms with Gasteiger partial charge in [0.15, 0.2) is 11.6 Å². The Hall–Kier alpha value is -3.36. The topological polar surface area (TPSA) is 71.3 Å². The summed E-state index contributed by atoms with van der Waals surface area (Å²) in [5.74, 6) is -1.84. The molecule has 0 bridgehead atoms. The lowest BCUT2D eigenvalue weighted by atomic mass is 10.0. The zero-order chi connectivity index (χ0) is 20.4. The predicted octanol–water partition coefficient (Wildman–Crippen LogP) is 4.91. The molecule has 0 aliphatic carbocycles. The third-order valence-electron chi connectivity index (χ3n) is 4.76. The van der Waals surface area contributed by atoms with Gasteiger partial charge in [-0.3, -0.25) is 0 Å². The fourth-order valence-electron chi connectivity index (χ4n) is 3.29. The molecule has 1 fully saturated rings. The minimum Gasteiger partial charge on any atom is -0.337 e. The maximum Gasteiger partial charge on any atom is 0.322 e. The Morgan fingerprint density at radius 3 is 2.62 bits per heavy atom. The molecular weight excluding hydrogens is 385 g/mol. The Morgan fingerprint density at radius 2 is 1.86 bits per heavy atom. The Balaban J connectivity index is 1.53. The number of piperidine rings is 1. The SMILES string of the molecule is O=C(Nc1ccc(F)c(F)c1)N1CCCCC1c1nc(-c2ccc(F)cc2)no1. The van der Waals surface area contributed by atoms with Crippen LogP contribution >= 0.6 is 0 Å². The molecule has 1 aliphatic rings. The van der Waals surface area contributed by atoms with E-state index in [1.54, 1.807) is 12.1 Å². The van der Waals surface area contributed by atoms with Crippen LogP contribution in [-0.4, -0.2) is 27.6 Å². The molecule has 1 aliphatic heterocycles. The quantitative estimate of drug-likeness (QED) is 0.676. The monoisotopic (exact) mass is 402 g/mol. The van der Waals surface area contributed by atoms with Crippen LogP contribution in [0, 0.1) is 17.5 Å². The Labute approximate surface area is 164 Å². The first-order valence-corrected chi connectivity index (χ1v) is 9.13. The van der Waals surface area contributed by atoms with Crippen molar-refractivity contribution in [1.29, 1.82) is 0 Å². The highest BCUT2D eigenvalue weighted by atomic mass is 19.2. The van der Waals surface area contributed by atoms with Crippen molar-refractivity contribution in [1.82, 2.24) is 15.0 Å². The zero-order valence-corrected chi connectivity index (χ0v) is 15.2. The maximum absolute atomic E-state index is 13.4. The number of hydrogen-bond donors (Lipinski definition) is 1. The van der Waals surface area contributed by atoms with Crippen LogP contribution in [0.15, 0.2) is 47.0 Å². The van der Waals surface area contributed by atoms with Crippen molar-refractivity contribution in [2.45, 2.75) is 25.3 Å². The molecule has 9 heteroatoms. The first-order chi connectivity index (χ1) is 14.0. The lowest BCUT2D eigenvalue weighted by Gasteiger charge is -2.33.